The molecule has 1 fully saturated rings. The smallest absolute Gasteiger partial charge is 0.0579 e. The van der Waals surface area contributed by atoms with Crippen LogP contribution in [0, 0.1) is 0 Å². The molecule has 4 nitrogen and oxygen atoms in total. The minimum atomic E-state index is 0.187. The van der Waals surface area contributed by atoms with E-state index >= 15 is 0 Å². The lowest BCUT2D eigenvalue weighted by Gasteiger charge is -2.24. The maximum atomic E-state index is 3.96. The molecular formula is C23H26N4. The molecule has 27 heavy (non-hydrogen) atoms. The van der Waals surface area contributed by atoms with Gasteiger partial charge in [-0.15, -0.1) is 0 Å². The number of fused-ring (bicyclic) bond motifs is 2. The van der Waals surface area contributed by atoms with Crippen molar-refractivity contribution in [2.75, 3.05) is 13.6 Å². The van der Waals surface area contributed by atoms with Gasteiger partial charge >= 0.3 is 0 Å². The Morgan fingerprint density at radius 1 is 0.926 bits per heavy atom. The molecule has 2 aromatic heterocycles. The SMILES string of the molecule is CC1CC(NC(c2ccc3[nH]ccc3c2)c2ccc3[nH]ccc3c2)CN1C. The van der Waals surface area contributed by atoms with E-state index in [4.69, 9.17) is 0 Å². The highest BCUT2D eigenvalue weighted by Crippen LogP contribution is 2.29. The first-order chi connectivity index (χ1) is 13.2. The molecule has 138 valence electrons. The van der Waals surface area contributed by atoms with Crippen LogP contribution in [0.5, 0.6) is 0 Å². The summed E-state index contributed by atoms with van der Waals surface area (Å²) in [5.41, 5.74) is 5.01. The number of rotatable bonds is 4. The summed E-state index contributed by atoms with van der Waals surface area (Å²) < 4.78 is 0. The third-order valence-corrected chi connectivity index (χ3v) is 6.11. The average molecular weight is 358 g/mol. The van der Waals surface area contributed by atoms with E-state index in [-0.39, 0.29) is 6.04 Å². The molecule has 1 aliphatic rings. The van der Waals surface area contributed by atoms with Crippen LogP contribution >= 0.6 is 0 Å². The van der Waals surface area contributed by atoms with Gasteiger partial charge in [-0.3, -0.25) is 0 Å². The normalized spacial score (nSPS) is 21.0. The fourth-order valence-electron chi connectivity index (χ4n) is 4.44. The maximum Gasteiger partial charge on any atom is 0.0579 e. The summed E-state index contributed by atoms with van der Waals surface area (Å²) in [5.74, 6) is 0. The number of aromatic nitrogens is 2. The quantitative estimate of drug-likeness (QED) is 0.506. The van der Waals surface area contributed by atoms with Crippen LogP contribution in [-0.4, -0.2) is 40.5 Å². The number of H-pyrrole nitrogens is 2. The van der Waals surface area contributed by atoms with Gasteiger partial charge in [0.2, 0.25) is 0 Å². The lowest BCUT2D eigenvalue weighted by Crippen LogP contribution is -2.35. The minimum absolute atomic E-state index is 0.187. The Morgan fingerprint density at radius 3 is 2.04 bits per heavy atom. The summed E-state index contributed by atoms with van der Waals surface area (Å²) in [6.07, 6.45) is 5.21. The number of aromatic amines is 2. The second kappa shape index (κ2) is 6.55. The largest absolute Gasteiger partial charge is 0.361 e. The number of nitrogens with one attached hydrogen (secondary N) is 3. The van der Waals surface area contributed by atoms with Crippen molar-refractivity contribution in [1.82, 2.24) is 20.2 Å². The van der Waals surface area contributed by atoms with Crippen molar-refractivity contribution in [3.05, 3.63) is 72.1 Å². The van der Waals surface area contributed by atoms with Crippen LogP contribution < -0.4 is 5.32 Å². The van der Waals surface area contributed by atoms with E-state index in [2.05, 4.69) is 82.7 Å². The van der Waals surface area contributed by atoms with E-state index in [1.54, 1.807) is 0 Å². The molecule has 4 aromatic rings. The van der Waals surface area contributed by atoms with Gasteiger partial charge in [0.05, 0.1) is 6.04 Å². The third-order valence-electron chi connectivity index (χ3n) is 6.11. The zero-order chi connectivity index (χ0) is 18.4. The van der Waals surface area contributed by atoms with Gasteiger partial charge in [0.15, 0.2) is 0 Å². The summed E-state index contributed by atoms with van der Waals surface area (Å²) >= 11 is 0. The second-order valence-electron chi connectivity index (χ2n) is 7.97. The Morgan fingerprint density at radius 2 is 1.52 bits per heavy atom. The Balaban J connectivity index is 1.55. The molecule has 0 spiro atoms. The van der Waals surface area contributed by atoms with Crippen LogP contribution in [0.1, 0.15) is 30.5 Å². The van der Waals surface area contributed by atoms with E-state index in [1.165, 1.54) is 39.4 Å². The van der Waals surface area contributed by atoms with Crippen LogP contribution in [-0.2, 0) is 0 Å². The van der Waals surface area contributed by atoms with Crippen molar-refractivity contribution >= 4 is 21.8 Å². The molecule has 5 rings (SSSR count). The molecule has 0 aliphatic carbocycles. The molecule has 3 heterocycles. The van der Waals surface area contributed by atoms with Crippen molar-refractivity contribution < 1.29 is 0 Å². The summed E-state index contributed by atoms with van der Waals surface area (Å²) in [5, 5.41) is 6.49. The topological polar surface area (TPSA) is 46.9 Å². The molecule has 1 aliphatic heterocycles. The van der Waals surface area contributed by atoms with Crippen LogP contribution in [0.15, 0.2) is 60.9 Å². The van der Waals surface area contributed by atoms with E-state index in [0.29, 0.717) is 12.1 Å². The van der Waals surface area contributed by atoms with Crippen molar-refractivity contribution in [3.8, 4) is 0 Å². The Labute approximate surface area is 159 Å². The molecule has 0 amide bonds. The third kappa shape index (κ3) is 3.05. The first-order valence-corrected chi connectivity index (χ1v) is 9.78. The molecule has 2 aromatic carbocycles. The summed E-state index contributed by atoms with van der Waals surface area (Å²) in [6.45, 7) is 3.41. The van der Waals surface area contributed by atoms with Gasteiger partial charge in [0, 0.05) is 42.1 Å². The maximum absolute atomic E-state index is 3.96. The number of hydrogen-bond donors (Lipinski definition) is 3. The number of hydrogen-bond acceptors (Lipinski definition) is 2. The van der Waals surface area contributed by atoms with Gasteiger partial charge in [-0.1, -0.05) is 12.1 Å². The van der Waals surface area contributed by atoms with E-state index in [9.17, 15) is 0 Å². The number of nitrogens with zero attached hydrogens (tertiary/aromatic N) is 1. The van der Waals surface area contributed by atoms with Crippen LogP contribution in [0.25, 0.3) is 21.8 Å². The highest BCUT2D eigenvalue weighted by Gasteiger charge is 2.29. The Hall–Kier alpha value is -2.56. The molecule has 1 saturated heterocycles. The lowest BCUT2D eigenvalue weighted by atomic mass is 9.95. The molecule has 2 unspecified atom stereocenters. The van der Waals surface area contributed by atoms with Crippen molar-refractivity contribution in [1.29, 1.82) is 0 Å². The summed E-state index contributed by atoms with van der Waals surface area (Å²) in [7, 11) is 2.22. The molecule has 4 heteroatoms. The molecule has 0 radical (unpaired) electrons. The van der Waals surface area contributed by atoms with Crippen molar-refractivity contribution in [3.63, 3.8) is 0 Å². The van der Waals surface area contributed by atoms with Gasteiger partial charge in [-0.05, 0) is 78.7 Å². The first-order valence-electron chi connectivity index (χ1n) is 9.78. The van der Waals surface area contributed by atoms with E-state index in [1.807, 2.05) is 12.4 Å². The van der Waals surface area contributed by atoms with Gasteiger partial charge < -0.3 is 20.2 Å². The zero-order valence-corrected chi connectivity index (χ0v) is 15.9. The minimum Gasteiger partial charge on any atom is -0.361 e. The lowest BCUT2D eigenvalue weighted by molar-refractivity contribution is 0.325. The fourth-order valence-corrected chi connectivity index (χ4v) is 4.44. The van der Waals surface area contributed by atoms with Crippen LogP contribution in [0.4, 0.5) is 0 Å². The highest BCUT2D eigenvalue weighted by molar-refractivity contribution is 5.81. The zero-order valence-electron chi connectivity index (χ0n) is 15.9. The molecule has 3 N–H and O–H groups in total. The predicted octanol–water partition coefficient (Wildman–Crippen LogP) is 4.42. The number of benzene rings is 2. The second-order valence-corrected chi connectivity index (χ2v) is 7.97. The monoisotopic (exact) mass is 358 g/mol. The van der Waals surface area contributed by atoms with Crippen LogP contribution in [0.3, 0.4) is 0 Å². The predicted molar refractivity (Wildman–Crippen MR) is 112 cm³/mol. The molecular weight excluding hydrogens is 332 g/mol. The van der Waals surface area contributed by atoms with Gasteiger partial charge in [0.1, 0.15) is 0 Å². The Kier molecular flexibility index (Phi) is 4.03. The van der Waals surface area contributed by atoms with Gasteiger partial charge in [0.25, 0.3) is 0 Å². The van der Waals surface area contributed by atoms with E-state index in [0.717, 1.165) is 6.54 Å². The summed E-state index contributed by atoms with van der Waals surface area (Å²) in [4.78, 5) is 9.04. The first kappa shape index (κ1) is 16.6. The van der Waals surface area contributed by atoms with Crippen LogP contribution in [0.2, 0.25) is 0 Å². The van der Waals surface area contributed by atoms with Gasteiger partial charge in [-0.2, -0.15) is 0 Å². The Bertz CT molecular complexity index is 992. The van der Waals surface area contributed by atoms with E-state index < -0.39 is 0 Å². The molecule has 0 bridgehead atoms. The van der Waals surface area contributed by atoms with Crippen molar-refractivity contribution in [2.45, 2.75) is 31.5 Å². The summed E-state index contributed by atoms with van der Waals surface area (Å²) in [6, 6.07) is 19.1. The fraction of sp³-hybridized carbons (Fsp3) is 0.304. The molecule has 0 saturated carbocycles. The van der Waals surface area contributed by atoms with Gasteiger partial charge in [-0.25, -0.2) is 0 Å². The van der Waals surface area contributed by atoms with Crippen molar-refractivity contribution in [2.24, 2.45) is 0 Å². The standard InChI is InChI=1S/C23H26N4/c1-15-11-20(14-27(15)2)26-23(18-3-5-21-16(12-18)7-9-24-21)19-4-6-22-17(13-19)8-10-25-22/h3-10,12-13,15,20,23-26H,11,14H2,1-2H3. The highest BCUT2D eigenvalue weighted by atomic mass is 15.2. The number of likely N-dealkylation sites (N-methyl/N-ethyl adjacent to an activating group) is 1. The average Bonchev–Trinajstić information content (AvgIpc) is 3.39. The number of likely N-dealkylation sites (tertiary alicyclic amines) is 1. The molecule has 2 atom stereocenters.